The second-order valence-electron chi connectivity index (χ2n) is 5.52. The van der Waals surface area contributed by atoms with E-state index in [2.05, 4.69) is 0 Å². The Bertz CT molecular complexity index is 412. The summed E-state index contributed by atoms with van der Waals surface area (Å²) in [4.78, 5) is 13.1. The van der Waals surface area contributed by atoms with Crippen LogP contribution in [-0.2, 0) is 14.8 Å². The highest BCUT2D eigenvalue weighted by Gasteiger charge is 2.37. The van der Waals surface area contributed by atoms with Crippen LogP contribution in [0.4, 0.5) is 0 Å². The van der Waals surface area contributed by atoms with E-state index < -0.39 is 15.3 Å². The molecule has 0 aromatic carbocycles. The molecule has 0 aromatic heterocycles. The van der Waals surface area contributed by atoms with E-state index in [-0.39, 0.29) is 11.9 Å². The highest BCUT2D eigenvalue weighted by Crippen LogP contribution is 2.23. The summed E-state index contributed by atoms with van der Waals surface area (Å²) in [6, 6.07) is 0.0886. The number of hydrogen-bond donors (Lipinski definition) is 1. The number of rotatable bonds is 4. The van der Waals surface area contributed by atoms with E-state index in [1.807, 2.05) is 6.92 Å². The fourth-order valence-electron chi connectivity index (χ4n) is 2.37. The highest BCUT2D eigenvalue weighted by molar-refractivity contribution is 7.90. The lowest BCUT2D eigenvalue weighted by Crippen LogP contribution is -2.49. The third-order valence-corrected chi connectivity index (χ3v) is 6.02. The molecule has 0 aromatic rings. The molecule has 1 aliphatic rings. The van der Waals surface area contributed by atoms with Gasteiger partial charge in [-0.3, -0.25) is 4.79 Å². The van der Waals surface area contributed by atoms with E-state index in [1.54, 1.807) is 14.1 Å². The first-order valence-electron chi connectivity index (χ1n) is 6.63. The lowest BCUT2D eigenvalue weighted by atomic mass is 9.92. The summed E-state index contributed by atoms with van der Waals surface area (Å²) in [5.74, 6) is -0.0133. The van der Waals surface area contributed by atoms with Crippen molar-refractivity contribution >= 4 is 15.9 Å². The van der Waals surface area contributed by atoms with Gasteiger partial charge < -0.3 is 10.6 Å². The molecule has 19 heavy (non-hydrogen) atoms. The van der Waals surface area contributed by atoms with Crippen LogP contribution >= 0.6 is 0 Å². The number of piperidine rings is 1. The second kappa shape index (κ2) is 6.19. The van der Waals surface area contributed by atoms with Gasteiger partial charge >= 0.3 is 0 Å². The molecule has 7 heteroatoms. The normalized spacial score (nSPS) is 21.9. The number of hydrogen-bond acceptors (Lipinski definition) is 4. The molecule has 2 unspecified atom stereocenters. The first-order chi connectivity index (χ1) is 8.67. The zero-order valence-electron chi connectivity index (χ0n) is 12.2. The van der Waals surface area contributed by atoms with Crippen molar-refractivity contribution in [2.75, 3.05) is 27.2 Å². The molecule has 2 N–H and O–H groups in total. The summed E-state index contributed by atoms with van der Waals surface area (Å²) in [5.41, 5.74) is 5.84. The third kappa shape index (κ3) is 3.67. The predicted molar refractivity (Wildman–Crippen MR) is 75.0 cm³/mol. The van der Waals surface area contributed by atoms with E-state index in [9.17, 15) is 13.2 Å². The number of amides is 1. The molecule has 1 saturated heterocycles. The van der Waals surface area contributed by atoms with Gasteiger partial charge in [0.15, 0.2) is 5.25 Å². The SMILES string of the molecule is CC(N)C1CCN(S(=O)(=O)C(C)C(=O)N(C)C)CC1. The van der Waals surface area contributed by atoms with Crippen molar-refractivity contribution in [1.82, 2.24) is 9.21 Å². The number of carbonyl (C=O) groups excluding carboxylic acids is 1. The van der Waals surface area contributed by atoms with Gasteiger partial charge in [0.1, 0.15) is 0 Å². The minimum Gasteiger partial charge on any atom is -0.348 e. The fraction of sp³-hybridized carbons (Fsp3) is 0.917. The van der Waals surface area contributed by atoms with Crippen LogP contribution in [0.15, 0.2) is 0 Å². The quantitative estimate of drug-likeness (QED) is 0.781. The maximum Gasteiger partial charge on any atom is 0.241 e. The van der Waals surface area contributed by atoms with E-state index in [0.717, 1.165) is 12.8 Å². The average molecular weight is 291 g/mol. The Morgan fingerprint density at radius 1 is 1.26 bits per heavy atom. The molecule has 1 heterocycles. The molecule has 1 fully saturated rings. The first kappa shape index (κ1) is 16.4. The van der Waals surface area contributed by atoms with Gasteiger partial charge in [0, 0.05) is 33.2 Å². The summed E-state index contributed by atoms with van der Waals surface area (Å²) in [6.45, 7) is 4.32. The Kier molecular flexibility index (Phi) is 5.34. The summed E-state index contributed by atoms with van der Waals surface area (Å²) >= 11 is 0. The molecule has 0 spiro atoms. The van der Waals surface area contributed by atoms with Gasteiger partial charge in [0.05, 0.1) is 0 Å². The Morgan fingerprint density at radius 3 is 2.11 bits per heavy atom. The van der Waals surface area contributed by atoms with Gasteiger partial charge in [-0.2, -0.15) is 0 Å². The van der Waals surface area contributed by atoms with E-state index in [4.69, 9.17) is 5.73 Å². The minimum absolute atomic E-state index is 0.0886. The van der Waals surface area contributed by atoms with Crippen LogP contribution in [0.25, 0.3) is 0 Å². The van der Waals surface area contributed by atoms with Crippen LogP contribution in [0.5, 0.6) is 0 Å². The highest BCUT2D eigenvalue weighted by atomic mass is 32.2. The molecule has 0 saturated carbocycles. The molecule has 0 radical (unpaired) electrons. The molecule has 0 bridgehead atoms. The van der Waals surface area contributed by atoms with Crippen molar-refractivity contribution in [2.24, 2.45) is 11.7 Å². The van der Waals surface area contributed by atoms with Crippen LogP contribution < -0.4 is 5.73 Å². The van der Waals surface area contributed by atoms with Gasteiger partial charge in [-0.15, -0.1) is 0 Å². The molecule has 6 nitrogen and oxygen atoms in total. The minimum atomic E-state index is -3.55. The fourth-order valence-corrected chi connectivity index (χ4v) is 4.00. The molecule has 2 atom stereocenters. The smallest absolute Gasteiger partial charge is 0.241 e. The Hall–Kier alpha value is -0.660. The molecular formula is C12H25N3O3S. The van der Waals surface area contributed by atoms with Gasteiger partial charge in [-0.1, -0.05) is 0 Å². The van der Waals surface area contributed by atoms with Crippen LogP contribution in [0.3, 0.4) is 0 Å². The largest absolute Gasteiger partial charge is 0.348 e. The van der Waals surface area contributed by atoms with E-state index >= 15 is 0 Å². The Labute approximate surface area is 116 Å². The summed E-state index contributed by atoms with van der Waals surface area (Å²) in [6.07, 6.45) is 1.53. The van der Waals surface area contributed by atoms with Gasteiger partial charge in [-0.05, 0) is 32.6 Å². The van der Waals surface area contributed by atoms with Crippen LogP contribution in [0.1, 0.15) is 26.7 Å². The molecule has 0 aliphatic carbocycles. The first-order valence-corrected chi connectivity index (χ1v) is 8.14. The zero-order valence-corrected chi connectivity index (χ0v) is 13.0. The molecule has 112 valence electrons. The van der Waals surface area contributed by atoms with Crippen LogP contribution in [-0.4, -0.2) is 62.0 Å². The molecule has 1 rings (SSSR count). The predicted octanol–water partition coefficient (Wildman–Crippen LogP) is -0.148. The summed E-state index contributed by atoms with van der Waals surface area (Å²) in [5, 5.41) is -1.02. The van der Waals surface area contributed by atoms with Crippen molar-refractivity contribution in [1.29, 1.82) is 0 Å². The van der Waals surface area contributed by atoms with Crippen molar-refractivity contribution in [3.8, 4) is 0 Å². The van der Waals surface area contributed by atoms with Crippen LogP contribution in [0.2, 0.25) is 0 Å². The third-order valence-electron chi connectivity index (χ3n) is 3.84. The summed E-state index contributed by atoms with van der Waals surface area (Å²) < 4.78 is 26.1. The van der Waals surface area contributed by atoms with Gasteiger partial charge in [0.25, 0.3) is 0 Å². The number of carbonyl (C=O) groups is 1. The molecule has 1 amide bonds. The zero-order chi connectivity index (χ0) is 14.8. The topological polar surface area (TPSA) is 83.7 Å². The summed E-state index contributed by atoms with van der Waals surface area (Å²) in [7, 11) is -0.422. The molecule has 1 aliphatic heterocycles. The number of nitrogens with two attached hydrogens (primary N) is 1. The number of sulfonamides is 1. The lowest BCUT2D eigenvalue weighted by molar-refractivity contribution is -0.128. The monoisotopic (exact) mass is 291 g/mol. The lowest BCUT2D eigenvalue weighted by Gasteiger charge is -2.34. The van der Waals surface area contributed by atoms with Crippen molar-refractivity contribution in [3.63, 3.8) is 0 Å². The van der Waals surface area contributed by atoms with Crippen molar-refractivity contribution < 1.29 is 13.2 Å². The van der Waals surface area contributed by atoms with Crippen LogP contribution in [0, 0.1) is 5.92 Å². The van der Waals surface area contributed by atoms with Gasteiger partial charge in [-0.25, -0.2) is 12.7 Å². The Morgan fingerprint density at radius 2 is 1.74 bits per heavy atom. The van der Waals surface area contributed by atoms with Crippen molar-refractivity contribution in [2.45, 2.75) is 38.0 Å². The molecular weight excluding hydrogens is 266 g/mol. The standard InChI is InChI=1S/C12H25N3O3S/c1-9(13)11-5-7-15(8-6-11)19(17,18)10(2)12(16)14(3)4/h9-11H,5-8,13H2,1-4H3. The maximum absolute atomic E-state index is 12.4. The Balaban J connectivity index is 2.73. The van der Waals surface area contributed by atoms with E-state index in [0.29, 0.717) is 19.0 Å². The number of nitrogens with zero attached hydrogens (tertiary/aromatic N) is 2. The maximum atomic E-state index is 12.4. The average Bonchev–Trinajstić information content (AvgIpc) is 2.36. The second-order valence-corrected chi connectivity index (χ2v) is 7.77. The van der Waals surface area contributed by atoms with Gasteiger partial charge in [0.2, 0.25) is 15.9 Å². The van der Waals surface area contributed by atoms with E-state index in [1.165, 1.54) is 16.1 Å². The van der Waals surface area contributed by atoms with Crippen molar-refractivity contribution in [3.05, 3.63) is 0 Å².